The van der Waals surface area contributed by atoms with Gasteiger partial charge in [-0.05, 0) is 42.5 Å². The highest BCUT2D eigenvalue weighted by molar-refractivity contribution is 5.79. The van der Waals surface area contributed by atoms with Crippen LogP contribution in [0.2, 0.25) is 0 Å². The van der Waals surface area contributed by atoms with Gasteiger partial charge in [0.15, 0.2) is 6.61 Å². The average molecular weight is 423 g/mol. The third-order valence-electron chi connectivity index (χ3n) is 5.97. The van der Waals surface area contributed by atoms with E-state index in [0.717, 1.165) is 55.6 Å². The smallest absolute Gasteiger partial charge is 0.260 e. The molecule has 1 atom stereocenters. The zero-order valence-corrected chi connectivity index (χ0v) is 18.1. The van der Waals surface area contributed by atoms with Crippen molar-refractivity contribution in [3.05, 3.63) is 59.2 Å². The highest BCUT2D eigenvalue weighted by Gasteiger charge is 2.21. The Balaban J connectivity index is 1.39. The Kier molecular flexibility index (Phi) is 6.75. The topological polar surface area (TPSA) is 67.9 Å². The molecule has 2 aromatic carbocycles. The summed E-state index contributed by atoms with van der Waals surface area (Å²) in [6.45, 7) is 4.39. The summed E-state index contributed by atoms with van der Waals surface area (Å²) in [5, 5.41) is 3.14. The second-order valence-corrected chi connectivity index (χ2v) is 8.16. The van der Waals surface area contributed by atoms with E-state index in [9.17, 15) is 9.59 Å². The zero-order chi connectivity index (χ0) is 21.6. The lowest BCUT2D eigenvalue weighted by Crippen LogP contribution is -2.33. The number of nitrogens with zero attached hydrogens (tertiary/aromatic N) is 1. The van der Waals surface area contributed by atoms with Crippen molar-refractivity contribution >= 4 is 11.8 Å². The summed E-state index contributed by atoms with van der Waals surface area (Å²) in [6.07, 6.45) is 4.06. The molecular formula is C25H30N2O4. The molecule has 4 rings (SSSR count). The molecule has 0 bridgehead atoms. The molecule has 1 unspecified atom stereocenters. The van der Waals surface area contributed by atoms with Crippen molar-refractivity contribution in [3.8, 4) is 11.5 Å². The van der Waals surface area contributed by atoms with Gasteiger partial charge in [0.25, 0.3) is 5.91 Å². The monoisotopic (exact) mass is 422 g/mol. The number of rotatable bonds is 8. The number of ether oxygens (including phenoxy) is 2. The Morgan fingerprint density at radius 1 is 1.16 bits per heavy atom. The summed E-state index contributed by atoms with van der Waals surface area (Å²) in [5.41, 5.74) is 3.05. The third kappa shape index (κ3) is 5.19. The quantitative estimate of drug-likeness (QED) is 0.708. The van der Waals surface area contributed by atoms with Gasteiger partial charge in [0, 0.05) is 25.1 Å². The van der Waals surface area contributed by atoms with Gasteiger partial charge in [-0.3, -0.25) is 9.59 Å². The average Bonchev–Trinajstić information content (AvgIpc) is 3.48. The zero-order valence-electron chi connectivity index (χ0n) is 18.1. The van der Waals surface area contributed by atoms with E-state index >= 15 is 0 Å². The highest BCUT2D eigenvalue weighted by Crippen LogP contribution is 2.28. The molecule has 0 aliphatic carbocycles. The predicted octanol–water partition coefficient (Wildman–Crippen LogP) is 3.43. The second-order valence-electron chi connectivity index (χ2n) is 8.16. The number of para-hydroxylation sites is 1. The van der Waals surface area contributed by atoms with Crippen molar-refractivity contribution in [1.82, 2.24) is 10.2 Å². The molecule has 0 radical (unpaired) electrons. The summed E-state index contributed by atoms with van der Waals surface area (Å²) in [6, 6.07) is 13.4. The third-order valence-corrected chi connectivity index (χ3v) is 5.97. The first-order chi connectivity index (χ1) is 15.1. The number of likely N-dealkylation sites (tertiary alicyclic amines) is 1. The minimum absolute atomic E-state index is 0.0185. The molecule has 2 heterocycles. The van der Waals surface area contributed by atoms with Gasteiger partial charge < -0.3 is 19.7 Å². The van der Waals surface area contributed by atoms with E-state index in [0.29, 0.717) is 18.8 Å². The number of benzene rings is 2. The van der Waals surface area contributed by atoms with E-state index in [1.54, 1.807) is 0 Å². The number of fused-ring (bicyclic) bond motifs is 1. The lowest BCUT2D eigenvalue weighted by Gasteiger charge is -2.22. The van der Waals surface area contributed by atoms with Gasteiger partial charge >= 0.3 is 0 Å². The molecular weight excluding hydrogens is 392 g/mol. The summed E-state index contributed by atoms with van der Waals surface area (Å²) < 4.78 is 11.4. The number of amides is 2. The van der Waals surface area contributed by atoms with Crippen molar-refractivity contribution in [2.45, 2.75) is 45.1 Å². The Bertz CT molecular complexity index is 937. The lowest BCUT2D eigenvalue weighted by atomic mass is 10.0. The van der Waals surface area contributed by atoms with Gasteiger partial charge in [0.1, 0.15) is 11.5 Å². The van der Waals surface area contributed by atoms with E-state index in [4.69, 9.17) is 9.47 Å². The van der Waals surface area contributed by atoms with Crippen LogP contribution in [0.15, 0.2) is 42.5 Å². The van der Waals surface area contributed by atoms with Crippen molar-refractivity contribution < 1.29 is 19.1 Å². The summed E-state index contributed by atoms with van der Waals surface area (Å²) in [4.78, 5) is 27.0. The largest absolute Gasteiger partial charge is 0.493 e. The molecule has 1 N–H and O–H groups in total. The standard InChI is InChI=1S/C25H30N2O4/c1-2-21(26-24(28)16-18-9-10-22-19(15-18)11-14-30-22)20-7-3-4-8-23(20)31-17-25(29)27-12-5-6-13-27/h3-4,7-10,15,21H,2,5-6,11-14,16-17H2,1H3,(H,26,28). The molecule has 2 aliphatic rings. The molecule has 0 aromatic heterocycles. The number of hydrogen-bond acceptors (Lipinski definition) is 4. The van der Waals surface area contributed by atoms with Crippen molar-refractivity contribution in [1.29, 1.82) is 0 Å². The maximum atomic E-state index is 12.8. The van der Waals surface area contributed by atoms with E-state index in [2.05, 4.69) is 11.4 Å². The summed E-state index contributed by atoms with van der Waals surface area (Å²) in [7, 11) is 0. The van der Waals surface area contributed by atoms with Gasteiger partial charge in [-0.2, -0.15) is 0 Å². The van der Waals surface area contributed by atoms with Gasteiger partial charge in [0.2, 0.25) is 5.91 Å². The highest BCUT2D eigenvalue weighted by atomic mass is 16.5. The first-order valence-corrected chi connectivity index (χ1v) is 11.2. The molecule has 164 valence electrons. The van der Waals surface area contributed by atoms with Crippen LogP contribution in [0, 0.1) is 0 Å². The normalized spacial score (nSPS) is 15.8. The Hall–Kier alpha value is -3.02. The predicted molar refractivity (Wildman–Crippen MR) is 118 cm³/mol. The first-order valence-electron chi connectivity index (χ1n) is 11.2. The molecule has 2 aromatic rings. The van der Waals surface area contributed by atoms with Crippen LogP contribution in [0.4, 0.5) is 0 Å². The van der Waals surface area contributed by atoms with E-state index in [1.807, 2.05) is 48.2 Å². The maximum Gasteiger partial charge on any atom is 0.260 e. The fourth-order valence-electron chi connectivity index (χ4n) is 4.28. The fraction of sp³-hybridized carbons (Fsp3) is 0.440. The minimum Gasteiger partial charge on any atom is -0.493 e. The van der Waals surface area contributed by atoms with Gasteiger partial charge in [-0.15, -0.1) is 0 Å². The van der Waals surface area contributed by atoms with Crippen LogP contribution < -0.4 is 14.8 Å². The molecule has 6 nitrogen and oxygen atoms in total. The Morgan fingerprint density at radius 3 is 2.77 bits per heavy atom. The second kappa shape index (κ2) is 9.86. The lowest BCUT2D eigenvalue weighted by molar-refractivity contribution is -0.132. The molecule has 0 saturated carbocycles. The van der Waals surface area contributed by atoms with Crippen molar-refractivity contribution in [3.63, 3.8) is 0 Å². The Labute approximate surface area is 183 Å². The number of nitrogens with one attached hydrogen (secondary N) is 1. The van der Waals surface area contributed by atoms with Gasteiger partial charge in [-0.1, -0.05) is 37.3 Å². The van der Waals surface area contributed by atoms with E-state index in [-0.39, 0.29) is 24.5 Å². The minimum atomic E-state index is -0.177. The first kappa shape index (κ1) is 21.2. The van der Waals surface area contributed by atoms with Crippen LogP contribution in [0.1, 0.15) is 48.9 Å². The SMILES string of the molecule is CCC(NC(=O)Cc1ccc2c(c1)CCO2)c1ccccc1OCC(=O)N1CCCC1. The molecule has 6 heteroatoms. The molecule has 0 spiro atoms. The van der Waals surface area contributed by atoms with Crippen LogP contribution in [-0.2, 0) is 22.4 Å². The van der Waals surface area contributed by atoms with Crippen LogP contribution in [0.5, 0.6) is 11.5 Å². The van der Waals surface area contributed by atoms with E-state index in [1.165, 1.54) is 5.56 Å². The molecule has 2 amide bonds. The van der Waals surface area contributed by atoms with Crippen molar-refractivity contribution in [2.75, 3.05) is 26.3 Å². The molecule has 31 heavy (non-hydrogen) atoms. The van der Waals surface area contributed by atoms with Crippen molar-refractivity contribution in [2.24, 2.45) is 0 Å². The van der Waals surface area contributed by atoms with Gasteiger partial charge in [-0.25, -0.2) is 0 Å². The van der Waals surface area contributed by atoms with Crippen LogP contribution >= 0.6 is 0 Å². The molecule has 1 fully saturated rings. The number of hydrogen-bond donors (Lipinski definition) is 1. The maximum absolute atomic E-state index is 12.8. The van der Waals surface area contributed by atoms with Crippen LogP contribution in [0.3, 0.4) is 0 Å². The number of carbonyl (C=O) groups excluding carboxylic acids is 2. The van der Waals surface area contributed by atoms with Crippen LogP contribution in [-0.4, -0.2) is 43.0 Å². The summed E-state index contributed by atoms with van der Waals surface area (Å²) in [5.74, 6) is 1.56. The number of carbonyl (C=O) groups is 2. The summed E-state index contributed by atoms with van der Waals surface area (Å²) >= 11 is 0. The Morgan fingerprint density at radius 2 is 1.97 bits per heavy atom. The van der Waals surface area contributed by atoms with Gasteiger partial charge in [0.05, 0.1) is 19.1 Å². The fourth-order valence-corrected chi connectivity index (χ4v) is 4.28. The molecule has 2 aliphatic heterocycles. The van der Waals surface area contributed by atoms with E-state index < -0.39 is 0 Å². The van der Waals surface area contributed by atoms with Crippen LogP contribution in [0.25, 0.3) is 0 Å². The molecule has 1 saturated heterocycles.